The summed E-state index contributed by atoms with van der Waals surface area (Å²) in [7, 11) is 3.32. The van der Waals surface area contributed by atoms with Crippen molar-refractivity contribution in [3.8, 4) is 17.2 Å². The van der Waals surface area contributed by atoms with Gasteiger partial charge in [-0.2, -0.15) is 0 Å². The summed E-state index contributed by atoms with van der Waals surface area (Å²) >= 11 is 3.55. The topological polar surface area (TPSA) is 39.7 Å². The van der Waals surface area contributed by atoms with Gasteiger partial charge in [0.25, 0.3) is 0 Å². The predicted molar refractivity (Wildman–Crippen MR) is 103 cm³/mol. The first kappa shape index (κ1) is 20.6. The van der Waals surface area contributed by atoms with Gasteiger partial charge >= 0.3 is 0 Å². The molecule has 0 aliphatic rings. The first-order valence-electron chi connectivity index (χ1n) is 7.50. The van der Waals surface area contributed by atoms with E-state index in [1.807, 2.05) is 25.1 Å². The summed E-state index contributed by atoms with van der Waals surface area (Å²) in [6.45, 7) is 4.09. The summed E-state index contributed by atoms with van der Waals surface area (Å²) in [6.07, 6.45) is 0. The summed E-state index contributed by atoms with van der Waals surface area (Å²) < 4.78 is 17.1. The van der Waals surface area contributed by atoms with E-state index in [2.05, 4.69) is 39.4 Å². The Morgan fingerprint density at radius 2 is 1.62 bits per heavy atom. The number of methoxy groups -OCH3 is 2. The average Bonchev–Trinajstić information content (AvgIpc) is 2.57. The molecule has 0 saturated carbocycles. The van der Waals surface area contributed by atoms with Gasteiger partial charge in [-0.3, -0.25) is 0 Å². The highest BCUT2D eigenvalue weighted by Gasteiger charge is 2.11. The SMILES string of the molecule is CCOc1c(Br)cc(CNCc2ccc(OC)cc2)cc1OC.Cl. The van der Waals surface area contributed by atoms with Crippen molar-refractivity contribution in [1.29, 1.82) is 0 Å². The lowest BCUT2D eigenvalue weighted by molar-refractivity contribution is 0.308. The van der Waals surface area contributed by atoms with Crippen LogP contribution in [-0.4, -0.2) is 20.8 Å². The molecule has 6 heteroatoms. The Kier molecular flexibility index (Phi) is 8.97. The van der Waals surface area contributed by atoms with Gasteiger partial charge in [-0.05, 0) is 58.2 Å². The fourth-order valence-corrected chi connectivity index (χ4v) is 2.86. The highest BCUT2D eigenvalue weighted by molar-refractivity contribution is 9.10. The van der Waals surface area contributed by atoms with Crippen LogP contribution >= 0.6 is 28.3 Å². The lowest BCUT2D eigenvalue weighted by Gasteiger charge is -2.14. The maximum absolute atomic E-state index is 5.61. The molecule has 2 aromatic rings. The first-order valence-corrected chi connectivity index (χ1v) is 8.30. The second kappa shape index (κ2) is 10.4. The Morgan fingerprint density at radius 1 is 0.958 bits per heavy atom. The van der Waals surface area contributed by atoms with Gasteiger partial charge in [-0.25, -0.2) is 0 Å². The number of ether oxygens (including phenoxy) is 3. The molecule has 0 aliphatic heterocycles. The van der Waals surface area contributed by atoms with E-state index in [1.165, 1.54) is 5.56 Å². The molecule has 0 atom stereocenters. The highest BCUT2D eigenvalue weighted by atomic mass is 79.9. The molecule has 4 nitrogen and oxygen atoms in total. The summed E-state index contributed by atoms with van der Waals surface area (Å²) in [5, 5.41) is 3.43. The van der Waals surface area contributed by atoms with Gasteiger partial charge < -0.3 is 19.5 Å². The van der Waals surface area contributed by atoms with E-state index in [4.69, 9.17) is 14.2 Å². The van der Waals surface area contributed by atoms with Crippen LogP contribution in [0.4, 0.5) is 0 Å². The number of rotatable bonds is 8. The number of halogens is 2. The molecule has 0 unspecified atom stereocenters. The van der Waals surface area contributed by atoms with E-state index in [-0.39, 0.29) is 12.4 Å². The van der Waals surface area contributed by atoms with Crippen molar-refractivity contribution in [2.24, 2.45) is 0 Å². The van der Waals surface area contributed by atoms with Crippen LogP contribution in [0.2, 0.25) is 0 Å². The molecular weight excluding hydrogens is 394 g/mol. The quantitative estimate of drug-likeness (QED) is 0.684. The predicted octanol–water partition coefficient (Wildman–Crippen LogP) is 4.58. The molecule has 24 heavy (non-hydrogen) atoms. The number of nitrogens with one attached hydrogen (secondary N) is 1. The fraction of sp³-hybridized carbons (Fsp3) is 0.333. The Balaban J connectivity index is 0.00000288. The maximum Gasteiger partial charge on any atom is 0.175 e. The zero-order chi connectivity index (χ0) is 16.7. The van der Waals surface area contributed by atoms with E-state index < -0.39 is 0 Å². The smallest absolute Gasteiger partial charge is 0.175 e. The molecule has 1 N–H and O–H groups in total. The molecule has 0 saturated heterocycles. The monoisotopic (exact) mass is 415 g/mol. The normalized spacial score (nSPS) is 10.0. The van der Waals surface area contributed by atoms with Crippen LogP contribution in [0.5, 0.6) is 17.2 Å². The molecule has 2 rings (SSSR count). The molecule has 0 spiro atoms. The maximum atomic E-state index is 5.61. The van der Waals surface area contributed by atoms with Crippen molar-refractivity contribution in [2.45, 2.75) is 20.0 Å². The molecule has 0 fully saturated rings. The Morgan fingerprint density at radius 3 is 2.21 bits per heavy atom. The second-order valence-electron chi connectivity index (χ2n) is 4.99. The average molecular weight is 417 g/mol. The van der Waals surface area contributed by atoms with Gasteiger partial charge in [0.05, 0.1) is 25.3 Å². The van der Waals surface area contributed by atoms with Crippen molar-refractivity contribution in [1.82, 2.24) is 5.32 Å². The van der Waals surface area contributed by atoms with Crippen molar-refractivity contribution in [3.05, 3.63) is 52.0 Å². The third-order valence-corrected chi connectivity index (χ3v) is 3.98. The summed E-state index contributed by atoms with van der Waals surface area (Å²) in [5.41, 5.74) is 2.34. The lowest BCUT2D eigenvalue weighted by atomic mass is 10.2. The van der Waals surface area contributed by atoms with Gasteiger partial charge in [0.15, 0.2) is 11.5 Å². The van der Waals surface area contributed by atoms with Gasteiger partial charge in [0, 0.05) is 13.1 Å². The van der Waals surface area contributed by atoms with Crippen molar-refractivity contribution in [3.63, 3.8) is 0 Å². The number of benzene rings is 2. The highest BCUT2D eigenvalue weighted by Crippen LogP contribution is 2.36. The van der Waals surface area contributed by atoms with Crippen LogP contribution < -0.4 is 19.5 Å². The molecule has 132 valence electrons. The lowest BCUT2D eigenvalue weighted by Crippen LogP contribution is -2.13. The van der Waals surface area contributed by atoms with Crippen molar-refractivity contribution >= 4 is 28.3 Å². The van der Waals surface area contributed by atoms with Crippen LogP contribution in [0.15, 0.2) is 40.9 Å². The third-order valence-electron chi connectivity index (χ3n) is 3.40. The van der Waals surface area contributed by atoms with Crippen LogP contribution in [0.3, 0.4) is 0 Å². The zero-order valence-corrected chi connectivity index (χ0v) is 16.5. The Labute approximate surface area is 158 Å². The molecule has 0 heterocycles. The van der Waals surface area contributed by atoms with Crippen LogP contribution in [0.25, 0.3) is 0 Å². The molecule has 0 radical (unpaired) electrons. The number of hydrogen-bond donors (Lipinski definition) is 1. The third kappa shape index (κ3) is 5.58. The standard InChI is InChI=1S/C18H22BrNO3.ClH/c1-4-23-18-16(19)9-14(10-17(18)22-3)12-20-11-13-5-7-15(21-2)8-6-13;/h5-10,20H,4,11-12H2,1-3H3;1H. The van der Waals surface area contributed by atoms with E-state index in [1.54, 1.807) is 14.2 Å². The summed E-state index contributed by atoms with van der Waals surface area (Å²) in [4.78, 5) is 0. The largest absolute Gasteiger partial charge is 0.497 e. The van der Waals surface area contributed by atoms with Crippen LogP contribution in [0.1, 0.15) is 18.1 Å². The van der Waals surface area contributed by atoms with Gasteiger partial charge in [0.1, 0.15) is 5.75 Å². The molecule has 0 amide bonds. The van der Waals surface area contributed by atoms with Gasteiger partial charge in [0.2, 0.25) is 0 Å². The van der Waals surface area contributed by atoms with E-state index in [0.29, 0.717) is 6.61 Å². The van der Waals surface area contributed by atoms with Crippen LogP contribution in [0, 0.1) is 0 Å². The van der Waals surface area contributed by atoms with Crippen molar-refractivity contribution < 1.29 is 14.2 Å². The zero-order valence-electron chi connectivity index (χ0n) is 14.1. The minimum Gasteiger partial charge on any atom is -0.497 e. The van der Waals surface area contributed by atoms with Crippen molar-refractivity contribution in [2.75, 3.05) is 20.8 Å². The summed E-state index contributed by atoms with van der Waals surface area (Å²) in [6, 6.07) is 12.1. The second-order valence-corrected chi connectivity index (χ2v) is 5.85. The van der Waals surface area contributed by atoms with E-state index in [0.717, 1.165) is 40.4 Å². The molecule has 0 aromatic heterocycles. The Hall–Kier alpha value is -1.43. The van der Waals surface area contributed by atoms with Gasteiger partial charge in [-0.15, -0.1) is 12.4 Å². The first-order chi connectivity index (χ1) is 11.2. The van der Waals surface area contributed by atoms with Crippen LogP contribution in [-0.2, 0) is 13.1 Å². The van der Waals surface area contributed by atoms with Gasteiger partial charge in [-0.1, -0.05) is 12.1 Å². The number of hydrogen-bond acceptors (Lipinski definition) is 4. The molecular formula is C18H23BrClNO3. The van der Waals surface area contributed by atoms with E-state index >= 15 is 0 Å². The minimum atomic E-state index is 0. The Bertz CT molecular complexity index is 635. The molecule has 0 aliphatic carbocycles. The molecule has 0 bridgehead atoms. The van der Waals surface area contributed by atoms with E-state index in [9.17, 15) is 0 Å². The minimum absolute atomic E-state index is 0. The molecule has 2 aromatic carbocycles. The fourth-order valence-electron chi connectivity index (χ4n) is 2.25. The summed E-state index contributed by atoms with van der Waals surface area (Å²) in [5.74, 6) is 2.35.